The third-order valence-corrected chi connectivity index (χ3v) is 6.04. The summed E-state index contributed by atoms with van der Waals surface area (Å²) in [6, 6.07) is 0. The second-order valence-corrected chi connectivity index (χ2v) is 10.1. The van der Waals surface area contributed by atoms with Crippen LogP contribution in [-0.4, -0.2) is 71.7 Å². The number of rotatable bonds is 16. The third-order valence-electron chi connectivity index (χ3n) is 6.04. The zero-order chi connectivity index (χ0) is 42.6. The summed E-state index contributed by atoms with van der Waals surface area (Å²) in [4.78, 5) is 82.2. The molecule has 0 aliphatic rings. The van der Waals surface area contributed by atoms with Crippen molar-refractivity contribution in [2.45, 2.75) is 104 Å². The molecule has 0 saturated heterocycles. The van der Waals surface area contributed by atoms with Gasteiger partial charge in [0.1, 0.15) is 23.7 Å². The maximum absolute atomic E-state index is 12.0. The van der Waals surface area contributed by atoms with Crippen molar-refractivity contribution in [3.63, 3.8) is 0 Å². The summed E-state index contributed by atoms with van der Waals surface area (Å²) >= 11 is 0. The number of carbonyl (C=O) groups is 8. The van der Waals surface area contributed by atoms with Crippen molar-refractivity contribution in [3.05, 3.63) is 0 Å². The fourth-order valence-corrected chi connectivity index (χ4v) is 3.63. The Balaban J connectivity index is -0.000000192. The third kappa shape index (κ3) is 28.7. The topological polar surface area (TPSA) is 229 Å². The number of carbonyl (C=O) groups excluding carboxylic acids is 8. The molecule has 0 fully saturated rings. The minimum Gasteiger partial charge on any atom is -0.550 e. The zero-order valence-corrected chi connectivity index (χ0v) is 30.4. The van der Waals surface area contributed by atoms with E-state index in [1.807, 2.05) is 0 Å². The van der Waals surface area contributed by atoms with Crippen molar-refractivity contribution in [2.24, 2.45) is 23.7 Å². The van der Waals surface area contributed by atoms with E-state index in [1.54, 1.807) is 0 Å². The molecule has 0 aliphatic carbocycles. The van der Waals surface area contributed by atoms with Gasteiger partial charge in [-0.15, -0.1) is 0 Å². The van der Waals surface area contributed by atoms with E-state index in [9.17, 15) is 111 Å². The SMILES string of the molecule is CCC(C(=O)CC(=O)[O-])C(F)(F)F.CCC(C(=O)CC(=O)[O-])C(F)(F)F.CCC(C(=O)CC(=O)[O-])C(F)(F)F.CCC(C(=O)CC(=O)[O-])C(F)(F)F.[Zr+4]. The first kappa shape index (κ1) is 58.9. The number of ketones is 4. The standard InChI is InChI=1S/4C7H9F3O3.Zr/c4*1-2-4(7(8,9)10)5(11)3-6(12)13;/h4*4H,2-3H2,1H3,(H,12,13);/q;;;;+4/p-4. The fourth-order valence-electron chi connectivity index (χ4n) is 3.63. The van der Waals surface area contributed by atoms with Crippen LogP contribution in [0.5, 0.6) is 0 Å². The number of aliphatic carboxylic acids is 4. The molecular formula is C28H32F12O12Zr. The second kappa shape index (κ2) is 26.4. The molecule has 0 N–H and O–H groups in total. The molecule has 304 valence electrons. The Labute approximate surface area is 311 Å². The van der Waals surface area contributed by atoms with E-state index in [0.717, 1.165) is 0 Å². The number of Topliss-reactive ketones (excluding diaryl/α,β-unsaturated/α-hetero) is 4. The normalized spacial score (nSPS) is 13.6. The van der Waals surface area contributed by atoms with Gasteiger partial charge < -0.3 is 39.6 Å². The van der Waals surface area contributed by atoms with Crippen LogP contribution in [0.1, 0.15) is 79.1 Å². The summed E-state index contributed by atoms with van der Waals surface area (Å²) in [5, 5.41) is 39.4. The maximum atomic E-state index is 12.0. The van der Waals surface area contributed by atoms with Gasteiger partial charge in [-0.05, 0) is 25.7 Å². The molecule has 53 heavy (non-hydrogen) atoms. The predicted molar refractivity (Wildman–Crippen MR) is 138 cm³/mol. The largest absolute Gasteiger partial charge is 4.00 e. The van der Waals surface area contributed by atoms with Crippen molar-refractivity contribution in [2.75, 3.05) is 0 Å². The summed E-state index contributed by atoms with van der Waals surface area (Å²) in [6.45, 7) is 4.69. The molecule has 0 bridgehead atoms. The minimum absolute atomic E-state index is 0. The molecule has 0 aromatic rings. The van der Waals surface area contributed by atoms with Gasteiger partial charge in [0.2, 0.25) is 0 Å². The molecule has 4 unspecified atom stereocenters. The van der Waals surface area contributed by atoms with Gasteiger partial charge in [0.25, 0.3) is 0 Å². The summed E-state index contributed by atoms with van der Waals surface area (Å²) in [5.41, 5.74) is 0. The van der Waals surface area contributed by atoms with Gasteiger partial charge in [-0.2, -0.15) is 52.7 Å². The van der Waals surface area contributed by atoms with Gasteiger partial charge in [0.05, 0.1) is 0 Å². The quantitative estimate of drug-likeness (QED) is 0.157. The molecule has 0 spiro atoms. The summed E-state index contributed by atoms with van der Waals surface area (Å²) < 4.78 is 144. The fraction of sp³-hybridized carbons (Fsp3) is 0.714. The van der Waals surface area contributed by atoms with Crippen LogP contribution in [0.3, 0.4) is 0 Å². The molecule has 25 heteroatoms. The van der Waals surface area contributed by atoms with Crippen LogP contribution in [0.25, 0.3) is 0 Å². The van der Waals surface area contributed by atoms with Crippen LogP contribution < -0.4 is 20.4 Å². The van der Waals surface area contributed by atoms with Gasteiger partial charge in [0.15, 0.2) is 23.1 Å². The molecule has 0 radical (unpaired) electrons. The Kier molecular flexibility index (Phi) is 29.3. The van der Waals surface area contributed by atoms with Crippen LogP contribution in [0.2, 0.25) is 0 Å². The van der Waals surface area contributed by atoms with E-state index in [-0.39, 0.29) is 26.2 Å². The van der Waals surface area contributed by atoms with Crippen molar-refractivity contribution in [3.8, 4) is 0 Å². The van der Waals surface area contributed by atoms with E-state index >= 15 is 0 Å². The average molecular weight is 880 g/mol. The number of hydrogen-bond acceptors (Lipinski definition) is 12. The Morgan fingerprint density at radius 3 is 0.528 bits per heavy atom. The summed E-state index contributed by atoms with van der Waals surface area (Å²) in [6.07, 6.45) is -25.2. The summed E-state index contributed by atoms with van der Waals surface area (Å²) in [7, 11) is 0. The Hall–Kier alpha value is -3.40. The number of carboxylic acid groups (broad SMARTS) is 4. The van der Waals surface area contributed by atoms with Gasteiger partial charge >= 0.3 is 50.9 Å². The average Bonchev–Trinajstić information content (AvgIpc) is 2.86. The Bertz CT molecular complexity index is 1030. The minimum atomic E-state index is -4.67. The first-order chi connectivity index (χ1) is 23.1. The van der Waals surface area contributed by atoms with Crippen LogP contribution in [0, 0.1) is 23.7 Å². The number of alkyl halides is 12. The number of carboxylic acids is 4. The molecule has 0 rings (SSSR count). The first-order valence-electron chi connectivity index (χ1n) is 14.3. The van der Waals surface area contributed by atoms with Crippen molar-refractivity contribution in [1.82, 2.24) is 0 Å². The molecule has 0 amide bonds. The van der Waals surface area contributed by atoms with Gasteiger partial charge in [-0.25, -0.2) is 0 Å². The van der Waals surface area contributed by atoms with Crippen LogP contribution in [0.15, 0.2) is 0 Å². The van der Waals surface area contributed by atoms with Gasteiger partial charge in [0, 0.05) is 49.6 Å². The Morgan fingerprint density at radius 1 is 0.358 bits per heavy atom. The summed E-state index contributed by atoms with van der Waals surface area (Å²) in [5.74, 6) is -21.3. The molecule has 0 saturated carbocycles. The predicted octanol–water partition coefficient (Wildman–Crippen LogP) is 1.13. The van der Waals surface area contributed by atoms with E-state index < -0.39 is 147 Å². The van der Waals surface area contributed by atoms with Crippen molar-refractivity contribution in [1.29, 1.82) is 0 Å². The molecule has 0 aliphatic heterocycles. The number of hydrogen-bond donors (Lipinski definition) is 0. The van der Waals surface area contributed by atoms with Crippen molar-refractivity contribution < 1.29 is 138 Å². The molecule has 0 heterocycles. The molecule has 0 aromatic carbocycles. The second-order valence-electron chi connectivity index (χ2n) is 10.1. The van der Waals surface area contributed by atoms with Gasteiger partial charge in [-0.3, -0.25) is 19.2 Å². The first-order valence-corrected chi connectivity index (χ1v) is 14.3. The maximum Gasteiger partial charge on any atom is 4.00 e. The van der Waals surface area contributed by atoms with E-state index in [0.29, 0.717) is 0 Å². The number of halogens is 12. The van der Waals surface area contributed by atoms with Crippen molar-refractivity contribution >= 4 is 47.0 Å². The molecule has 4 atom stereocenters. The van der Waals surface area contributed by atoms with E-state index in [4.69, 9.17) is 0 Å². The van der Waals surface area contributed by atoms with Crippen LogP contribution in [-0.2, 0) is 64.6 Å². The van der Waals surface area contributed by atoms with Crippen LogP contribution in [0.4, 0.5) is 52.7 Å². The van der Waals surface area contributed by atoms with Gasteiger partial charge in [-0.1, -0.05) is 27.7 Å². The molecular weight excluding hydrogens is 847 g/mol. The Morgan fingerprint density at radius 2 is 0.472 bits per heavy atom. The monoisotopic (exact) mass is 878 g/mol. The van der Waals surface area contributed by atoms with Crippen LogP contribution >= 0.6 is 0 Å². The zero-order valence-electron chi connectivity index (χ0n) is 27.9. The molecule has 0 aromatic heterocycles. The van der Waals surface area contributed by atoms with E-state index in [1.165, 1.54) is 27.7 Å². The van der Waals surface area contributed by atoms with E-state index in [2.05, 4.69) is 0 Å². The smallest absolute Gasteiger partial charge is 0.550 e. The molecule has 12 nitrogen and oxygen atoms in total.